The molecule has 3 saturated heterocycles. The average molecular weight is 529 g/mol. The molecule has 5 atom stereocenters. The van der Waals surface area contributed by atoms with Gasteiger partial charge in [-0.05, 0) is 45.1 Å². The van der Waals surface area contributed by atoms with E-state index in [9.17, 15) is 0 Å². The predicted octanol–water partition coefficient (Wildman–Crippen LogP) is 4.70. The minimum absolute atomic E-state index is 0.204. The van der Waals surface area contributed by atoms with E-state index in [2.05, 4.69) is 22.4 Å². The number of rotatable bonds is 8. The Morgan fingerprint density at radius 3 is 2.81 bits per heavy atom. The van der Waals surface area contributed by atoms with Gasteiger partial charge in [0.2, 0.25) is 0 Å². The standard InChI is InChI=1S/C27H33ClN4O5/c1-27(2)36-23-19(15-34-21-10-6-7-13-33-21)35-26(24(23)37-27)32-16-30-22-18(28)14-20(31-25(22)32)29-12-11-17-8-4-3-5-9-17/h3-5,8-9,14,16,19,21,23-24,26H,6-7,10-13,15H2,1-2H3,(H,29,31)/t19-,21?,23-,24-,26-/m1/s1. The van der Waals surface area contributed by atoms with Crippen molar-refractivity contribution in [1.29, 1.82) is 0 Å². The fraction of sp³-hybridized carbons (Fsp3) is 0.556. The summed E-state index contributed by atoms with van der Waals surface area (Å²) in [7, 11) is 0. The van der Waals surface area contributed by atoms with Gasteiger partial charge < -0.3 is 29.0 Å². The number of fused-ring (bicyclic) bond motifs is 2. The number of nitrogens with one attached hydrogen (secondary N) is 1. The first-order valence-electron chi connectivity index (χ1n) is 13.0. The van der Waals surface area contributed by atoms with Crippen molar-refractivity contribution in [2.24, 2.45) is 0 Å². The van der Waals surface area contributed by atoms with Gasteiger partial charge in [-0.2, -0.15) is 0 Å². The van der Waals surface area contributed by atoms with E-state index >= 15 is 0 Å². The summed E-state index contributed by atoms with van der Waals surface area (Å²) in [6.45, 7) is 5.65. The second-order valence-electron chi connectivity index (χ2n) is 10.2. The van der Waals surface area contributed by atoms with Gasteiger partial charge in [-0.15, -0.1) is 0 Å². The maximum absolute atomic E-state index is 6.61. The van der Waals surface area contributed by atoms with Crippen LogP contribution < -0.4 is 5.32 Å². The molecule has 2 aromatic heterocycles. The van der Waals surface area contributed by atoms with E-state index in [1.54, 1.807) is 6.33 Å². The van der Waals surface area contributed by atoms with E-state index < -0.39 is 12.0 Å². The molecule has 37 heavy (non-hydrogen) atoms. The number of aromatic nitrogens is 3. The molecule has 198 valence electrons. The molecule has 1 aromatic carbocycles. The normalized spacial score (nSPS) is 29.0. The molecule has 0 radical (unpaired) electrons. The maximum atomic E-state index is 6.61. The van der Waals surface area contributed by atoms with Crippen molar-refractivity contribution in [3.8, 4) is 0 Å². The summed E-state index contributed by atoms with van der Waals surface area (Å²) in [6.07, 6.45) is 4.01. The minimum Gasteiger partial charge on any atom is -0.370 e. The number of hydrogen-bond acceptors (Lipinski definition) is 8. The van der Waals surface area contributed by atoms with Crippen molar-refractivity contribution in [3.05, 3.63) is 53.3 Å². The number of benzene rings is 1. The van der Waals surface area contributed by atoms with Gasteiger partial charge in [-0.1, -0.05) is 41.9 Å². The Balaban J connectivity index is 1.21. The highest BCUT2D eigenvalue weighted by atomic mass is 35.5. The van der Waals surface area contributed by atoms with Crippen LogP contribution in [0.25, 0.3) is 11.2 Å². The lowest BCUT2D eigenvalue weighted by Gasteiger charge is -2.27. The molecule has 3 aromatic rings. The maximum Gasteiger partial charge on any atom is 0.166 e. The average Bonchev–Trinajstić information content (AvgIpc) is 3.55. The number of pyridine rings is 1. The molecule has 0 aliphatic carbocycles. The molecule has 6 rings (SSSR count). The molecule has 0 saturated carbocycles. The minimum atomic E-state index is -0.734. The van der Waals surface area contributed by atoms with Crippen LogP contribution in [0.5, 0.6) is 0 Å². The topological polar surface area (TPSA) is 88.9 Å². The van der Waals surface area contributed by atoms with E-state index in [0.29, 0.717) is 28.6 Å². The van der Waals surface area contributed by atoms with E-state index in [1.165, 1.54) is 5.56 Å². The quantitative estimate of drug-likeness (QED) is 0.450. The lowest BCUT2D eigenvalue weighted by molar-refractivity contribution is -0.219. The van der Waals surface area contributed by atoms with Crippen molar-refractivity contribution in [2.45, 2.75) is 76.1 Å². The van der Waals surface area contributed by atoms with Crippen LogP contribution in [0, 0.1) is 0 Å². The summed E-state index contributed by atoms with van der Waals surface area (Å²) < 4.78 is 32.7. The van der Waals surface area contributed by atoms with Crippen LogP contribution in [0.3, 0.4) is 0 Å². The SMILES string of the molecule is CC1(C)O[C@@H]2[C@H](O1)[C@@H](COC1CCCCO1)O[C@H]2n1cnc2c(Cl)cc(NCCc3ccccc3)nc21. The van der Waals surface area contributed by atoms with Crippen molar-refractivity contribution < 1.29 is 23.7 Å². The third-order valence-electron chi connectivity index (χ3n) is 7.03. The zero-order valence-corrected chi connectivity index (χ0v) is 21.9. The Labute approximate surface area is 221 Å². The fourth-order valence-electron chi connectivity index (χ4n) is 5.29. The zero-order valence-electron chi connectivity index (χ0n) is 21.1. The zero-order chi connectivity index (χ0) is 25.4. The Bertz CT molecular complexity index is 1220. The number of nitrogens with zero attached hydrogens (tertiary/aromatic N) is 3. The van der Waals surface area contributed by atoms with Gasteiger partial charge in [0.1, 0.15) is 29.6 Å². The van der Waals surface area contributed by atoms with E-state index in [-0.39, 0.29) is 24.6 Å². The van der Waals surface area contributed by atoms with Crippen molar-refractivity contribution >= 4 is 28.6 Å². The summed E-state index contributed by atoms with van der Waals surface area (Å²) in [4.78, 5) is 9.38. The molecular weight excluding hydrogens is 496 g/mol. The number of hydrogen-bond donors (Lipinski definition) is 1. The van der Waals surface area contributed by atoms with E-state index in [1.807, 2.05) is 42.7 Å². The molecule has 9 nitrogen and oxygen atoms in total. The van der Waals surface area contributed by atoms with Crippen LogP contribution in [-0.4, -0.2) is 64.7 Å². The summed E-state index contributed by atoms with van der Waals surface area (Å²) in [6, 6.07) is 12.1. The molecule has 0 amide bonds. The second-order valence-corrected chi connectivity index (χ2v) is 10.6. The number of ether oxygens (including phenoxy) is 5. The third-order valence-corrected chi connectivity index (χ3v) is 7.32. The largest absolute Gasteiger partial charge is 0.370 e. The van der Waals surface area contributed by atoms with Crippen molar-refractivity contribution in [1.82, 2.24) is 14.5 Å². The van der Waals surface area contributed by atoms with Crippen LogP contribution in [-0.2, 0) is 30.1 Å². The van der Waals surface area contributed by atoms with Gasteiger partial charge in [0.05, 0.1) is 18.0 Å². The van der Waals surface area contributed by atoms with E-state index in [4.69, 9.17) is 40.3 Å². The lowest BCUT2D eigenvalue weighted by Crippen LogP contribution is -2.35. The Kier molecular flexibility index (Phi) is 7.09. The van der Waals surface area contributed by atoms with Crippen LogP contribution in [0.2, 0.25) is 5.02 Å². The lowest BCUT2D eigenvalue weighted by atomic mass is 10.1. The highest BCUT2D eigenvalue weighted by Crippen LogP contribution is 2.44. The van der Waals surface area contributed by atoms with Crippen LogP contribution in [0.4, 0.5) is 5.82 Å². The molecule has 5 heterocycles. The molecule has 3 fully saturated rings. The Morgan fingerprint density at radius 1 is 1.16 bits per heavy atom. The summed E-state index contributed by atoms with van der Waals surface area (Å²) in [5.74, 6) is -0.0503. The fourth-order valence-corrected chi connectivity index (χ4v) is 5.52. The molecule has 0 bridgehead atoms. The molecule has 3 aliphatic rings. The van der Waals surface area contributed by atoms with Crippen LogP contribution in [0.15, 0.2) is 42.7 Å². The van der Waals surface area contributed by atoms with Gasteiger partial charge in [0.25, 0.3) is 0 Å². The third kappa shape index (κ3) is 5.34. The highest BCUT2D eigenvalue weighted by molar-refractivity contribution is 6.35. The first-order valence-corrected chi connectivity index (χ1v) is 13.4. The second kappa shape index (κ2) is 10.5. The molecule has 0 spiro atoms. The monoisotopic (exact) mass is 528 g/mol. The highest BCUT2D eigenvalue weighted by Gasteiger charge is 2.56. The van der Waals surface area contributed by atoms with Crippen LogP contribution >= 0.6 is 11.6 Å². The number of halogens is 1. The van der Waals surface area contributed by atoms with Gasteiger partial charge >= 0.3 is 0 Å². The summed E-state index contributed by atoms with van der Waals surface area (Å²) in [5.41, 5.74) is 2.50. The van der Waals surface area contributed by atoms with Gasteiger partial charge in [-0.25, -0.2) is 9.97 Å². The summed E-state index contributed by atoms with van der Waals surface area (Å²) >= 11 is 6.61. The first kappa shape index (κ1) is 25.0. The molecule has 1 unspecified atom stereocenters. The number of imidazole rings is 1. The predicted molar refractivity (Wildman–Crippen MR) is 138 cm³/mol. The molecule has 1 N–H and O–H groups in total. The molecule has 10 heteroatoms. The van der Waals surface area contributed by atoms with Gasteiger partial charge in [0.15, 0.2) is 24.0 Å². The first-order chi connectivity index (χ1) is 18.0. The Morgan fingerprint density at radius 2 is 2.00 bits per heavy atom. The molecule has 3 aliphatic heterocycles. The van der Waals surface area contributed by atoms with Crippen molar-refractivity contribution in [3.63, 3.8) is 0 Å². The van der Waals surface area contributed by atoms with E-state index in [0.717, 1.165) is 38.8 Å². The molecular formula is C27H33ClN4O5. The van der Waals surface area contributed by atoms with Gasteiger partial charge in [-0.3, -0.25) is 4.57 Å². The summed E-state index contributed by atoms with van der Waals surface area (Å²) in [5, 5.41) is 3.92. The van der Waals surface area contributed by atoms with Crippen molar-refractivity contribution in [2.75, 3.05) is 25.1 Å². The van der Waals surface area contributed by atoms with Gasteiger partial charge in [0, 0.05) is 19.2 Å². The number of anilines is 1. The smallest absolute Gasteiger partial charge is 0.166 e. The van der Waals surface area contributed by atoms with Crippen LogP contribution in [0.1, 0.15) is 44.9 Å². The Hall–Kier alpha value is -2.27.